The highest BCUT2D eigenvalue weighted by Gasteiger charge is 2.23. The number of hydrogen-bond donors (Lipinski definition) is 2. The predicted molar refractivity (Wildman–Crippen MR) is 124 cm³/mol. The quantitative estimate of drug-likeness (QED) is 0.536. The number of rotatable bonds is 11. The Hall–Kier alpha value is -1.48. The Morgan fingerprint density at radius 2 is 1.77 bits per heavy atom. The second kappa shape index (κ2) is 10.7. The van der Waals surface area contributed by atoms with E-state index >= 15 is 0 Å². The Balaban J connectivity index is 1.87. The summed E-state index contributed by atoms with van der Waals surface area (Å²) in [6.45, 7) is 9.60. The van der Waals surface area contributed by atoms with E-state index in [1.54, 1.807) is 13.8 Å². The third kappa shape index (κ3) is 7.34. The number of benzene rings is 1. The van der Waals surface area contributed by atoms with Gasteiger partial charge in [0.05, 0.1) is 5.25 Å². The summed E-state index contributed by atoms with van der Waals surface area (Å²) in [4.78, 5) is 0. The van der Waals surface area contributed by atoms with Gasteiger partial charge in [0.1, 0.15) is 0 Å². The molecule has 30 heavy (non-hydrogen) atoms. The van der Waals surface area contributed by atoms with Gasteiger partial charge in [-0.3, -0.25) is 0 Å². The lowest BCUT2D eigenvalue weighted by Crippen LogP contribution is -2.36. The van der Waals surface area contributed by atoms with Crippen LogP contribution in [0.15, 0.2) is 42.3 Å². The molecule has 0 aliphatic heterocycles. The van der Waals surface area contributed by atoms with Crippen molar-refractivity contribution in [1.82, 2.24) is 9.44 Å². The van der Waals surface area contributed by atoms with Crippen LogP contribution >= 0.6 is 0 Å². The maximum Gasteiger partial charge on any atom is 0.233 e. The van der Waals surface area contributed by atoms with Crippen LogP contribution < -0.4 is 9.44 Å². The van der Waals surface area contributed by atoms with Crippen LogP contribution in [0.25, 0.3) is 5.57 Å². The molecule has 0 saturated carbocycles. The second-order valence-electron chi connectivity index (χ2n) is 8.24. The minimum Gasteiger partial charge on any atom is -0.215 e. The molecule has 2 N–H and O–H groups in total. The molecule has 0 fully saturated rings. The first-order valence-electron chi connectivity index (χ1n) is 10.4. The molecule has 0 bridgehead atoms. The third-order valence-corrected chi connectivity index (χ3v) is 8.60. The van der Waals surface area contributed by atoms with Crippen LogP contribution in [0.4, 0.5) is 0 Å². The topological polar surface area (TPSA) is 92.3 Å². The first kappa shape index (κ1) is 24.8. The lowest BCUT2D eigenvalue weighted by Gasteiger charge is -2.28. The van der Waals surface area contributed by atoms with Crippen molar-refractivity contribution in [3.63, 3.8) is 0 Å². The van der Waals surface area contributed by atoms with Crippen LogP contribution in [-0.2, 0) is 26.5 Å². The van der Waals surface area contributed by atoms with Crippen LogP contribution in [0.3, 0.4) is 0 Å². The summed E-state index contributed by atoms with van der Waals surface area (Å²) in [5.74, 6) is 0.763. The molecule has 168 valence electrons. The molecule has 2 rings (SSSR count). The van der Waals surface area contributed by atoms with Crippen molar-refractivity contribution < 1.29 is 16.8 Å². The maximum atomic E-state index is 12.0. The molecule has 0 heterocycles. The molecule has 0 aromatic heterocycles. The van der Waals surface area contributed by atoms with Gasteiger partial charge in [-0.1, -0.05) is 43.8 Å². The minimum absolute atomic E-state index is 0.290. The maximum absolute atomic E-state index is 12.0. The van der Waals surface area contributed by atoms with E-state index < -0.39 is 25.3 Å². The highest BCUT2D eigenvalue weighted by Crippen LogP contribution is 2.34. The fourth-order valence-corrected chi connectivity index (χ4v) is 4.83. The molecule has 8 heteroatoms. The van der Waals surface area contributed by atoms with Crippen molar-refractivity contribution in [2.24, 2.45) is 11.8 Å². The molecule has 1 aromatic carbocycles. The van der Waals surface area contributed by atoms with Crippen LogP contribution in [-0.4, -0.2) is 35.2 Å². The van der Waals surface area contributed by atoms with Crippen LogP contribution in [0, 0.1) is 11.8 Å². The summed E-state index contributed by atoms with van der Waals surface area (Å²) in [5.41, 5.74) is 3.59. The molecular weight excluding hydrogens is 420 g/mol. The van der Waals surface area contributed by atoms with Crippen molar-refractivity contribution in [1.29, 1.82) is 0 Å². The smallest absolute Gasteiger partial charge is 0.215 e. The van der Waals surface area contributed by atoms with Crippen LogP contribution in [0.2, 0.25) is 0 Å². The van der Waals surface area contributed by atoms with Gasteiger partial charge < -0.3 is 0 Å². The average Bonchev–Trinajstić information content (AvgIpc) is 2.72. The second-order valence-corrected chi connectivity index (χ2v) is 12.3. The van der Waals surface area contributed by atoms with Crippen molar-refractivity contribution in [3.05, 3.63) is 53.5 Å². The Labute approximate surface area is 182 Å². The fourth-order valence-electron chi connectivity index (χ4n) is 3.50. The van der Waals surface area contributed by atoms with Gasteiger partial charge in [0, 0.05) is 18.5 Å². The summed E-state index contributed by atoms with van der Waals surface area (Å²) < 4.78 is 51.9. The van der Waals surface area contributed by atoms with Gasteiger partial charge in [-0.25, -0.2) is 26.3 Å². The van der Waals surface area contributed by atoms with Gasteiger partial charge in [-0.15, -0.1) is 0 Å². The summed E-state index contributed by atoms with van der Waals surface area (Å²) >= 11 is 0. The van der Waals surface area contributed by atoms with Gasteiger partial charge in [-0.05, 0) is 68.1 Å². The van der Waals surface area contributed by atoms with Gasteiger partial charge in [0.25, 0.3) is 0 Å². The molecule has 1 aliphatic rings. The molecule has 1 aromatic rings. The molecule has 2 unspecified atom stereocenters. The van der Waals surface area contributed by atoms with Crippen molar-refractivity contribution in [2.75, 3.05) is 13.1 Å². The first-order chi connectivity index (χ1) is 14.0. The zero-order valence-corrected chi connectivity index (χ0v) is 19.7. The molecule has 0 radical (unpaired) electrons. The van der Waals surface area contributed by atoms with Crippen molar-refractivity contribution in [3.8, 4) is 0 Å². The SMILES string of the molecule is C=CS(=O)(=O)NCCc1ccc(C2=CCC(C(C)CNS(=O)(=O)C(C)C)CC2)cc1. The van der Waals surface area contributed by atoms with E-state index in [9.17, 15) is 16.8 Å². The summed E-state index contributed by atoms with van der Waals surface area (Å²) in [6.07, 6.45) is 5.87. The normalized spacial score (nSPS) is 18.8. The van der Waals surface area contributed by atoms with Crippen molar-refractivity contribution >= 4 is 25.6 Å². The minimum atomic E-state index is -3.38. The molecule has 0 spiro atoms. The van der Waals surface area contributed by atoms with E-state index in [0.717, 1.165) is 30.2 Å². The summed E-state index contributed by atoms with van der Waals surface area (Å²) in [6, 6.07) is 8.24. The fraction of sp³-hybridized carbons (Fsp3) is 0.545. The number of nitrogens with one attached hydrogen (secondary N) is 2. The van der Waals surface area contributed by atoms with E-state index in [4.69, 9.17) is 0 Å². The number of allylic oxidation sites excluding steroid dienone is 2. The highest BCUT2D eigenvalue weighted by molar-refractivity contribution is 7.92. The van der Waals surface area contributed by atoms with Gasteiger partial charge in [0.15, 0.2) is 0 Å². The standard InChI is InChI=1S/C22H34N2O4S2/c1-5-29(25,26)23-15-14-19-6-8-21(9-7-19)22-12-10-20(11-13-22)18(4)16-24-30(27,28)17(2)3/h5-9,12,17-18,20,23-24H,1,10-11,13-16H2,2-4H3. The lowest BCUT2D eigenvalue weighted by atomic mass is 9.80. The van der Waals surface area contributed by atoms with Gasteiger partial charge in [0.2, 0.25) is 20.0 Å². The molecular formula is C22H34N2O4S2. The van der Waals surface area contributed by atoms with Gasteiger partial charge >= 0.3 is 0 Å². The van der Waals surface area contributed by atoms with Crippen LogP contribution in [0.5, 0.6) is 0 Å². The Morgan fingerprint density at radius 3 is 2.30 bits per heavy atom. The number of sulfonamides is 2. The van der Waals surface area contributed by atoms with Gasteiger partial charge in [-0.2, -0.15) is 0 Å². The molecule has 2 atom stereocenters. The average molecular weight is 455 g/mol. The predicted octanol–water partition coefficient (Wildman–Crippen LogP) is 3.44. The third-order valence-electron chi connectivity index (χ3n) is 5.74. The van der Waals surface area contributed by atoms with Crippen LogP contribution in [0.1, 0.15) is 51.2 Å². The monoisotopic (exact) mass is 454 g/mol. The molecule has 1 aliphatic carbocycles. The first-order valence-corrected chi connectivity index (χ1v) is 13.5. The zero-order chi connectivity index (χ0) is 22.4. The highest BCUT2D eigenvalue weighted by atomic mass is 32.2. The van der Waals surface area contributed by atoms with Crippen molar-refractivity contribution in [2.45, 2.75) is 51.7 Å². The van der Waals surface area contributed by atoms with E-state index in [2.05, 4.69) is 41.2 Å². The zero-order valence-electron chi connectivity index (χ0n) is 18.1. The summed E-state index contributed by atoms with van der Waals surface area (Å²) in [7, 11) is -6.59. The lowest BCUT2D eigenvalue weighted by molar-refractivity contribution is 0.334. The van der Waals surface area contributed by atoms with E-state index in [0.29, 0.717) is 25.4 Å². The van der Waals surface area contributed by atoms with E-state index in [1.807, 2.05) is 12.1 Å². The van der Waals surface area contributed by atoms with E-state index in [1.165, 1.54) is 11.1 Å². The molecule has 6 nitrogen and oxygen atoms in total. The number of hydrogen-bond acceptors (Lipinski definition) is 4. The largest absolute Gasteiger partial charge is 0.233 e. The molecule has 0 saturated heterocycles. The Morgan fingerprint density at radius 1 is 1.10 bits per heavy atom. The Kier molecular flexibility index (Phi) is 8.85. The van der Waals surface area contributed by atoms with E-state index in [-0.39, 0.29) is 5.92 Å². The molecule has 0 amide bonds. The Bertz CT molecular complexity index is 949. The summed E-state index contributed by atoms with van der Waals surface area (Å²) in [5, 5.41) is 0.506.